The molecule has 15 nitrogen and oxygen atoms in total. The molecule has 0 saturated carbocycles. The Hall–Kier alpha value is -8.21. The topological polar surface area (TPSA) is 146 Å². The van der Waals surface area contributed by atoms with Crippen LogP contribution in [0.4, 0.5) is 5.69 Å². The number of furan rings is 1. The molecule has 1 aliphatic rings. The Bertz CT molecular complexity index is 4880. The van der Waals surface area contributed by atoms with Gasteiger partial charge >= 0.3 is 0 Å². The van der Waals surface area contributed by atoms with Crippen molar-refractivity contribution >= 4 is 28.0 Å². The Labute approximate surface area is 778 Å². The van der Waals surface area contributed by atoms with Gasteiger partial charge in [0.05, 0.1) is 55.5 Å². The minimum Gasteiger partial charge on any atom is -0.492 e. The molecule has 0 aliphatic carbocycles. The number of nitrogens with zero attached hydrogens (tertiary/aromatic N) is 6. The van der Waals surface area contributed by atoms with Crippen molar-refractivity contribution in [2.45, 2.75) is 347 Å². The maximum Gasteiger partial charge on any atom is 0.137 e. The van der Waals surface area contributed by atoms with Crippen molar-refractivity contribution in [2.75, 3.05) is 64.1 Å². The SMILES string of the molecule is CC(C)(C)CCCCOc1ccc2nc(C(C)(C)C)cn2c1.CC(C)(C)COCc1ccc(Oc2cccc(CC(C)(C)C)c2)cc1.CC(C)(C)Cc1ccc(N2CC[C@@H](CC(C)(C)C)C2)cn1.CC(C)(C)Cc1ccc2cc(CCNC(C)(C)C)oc2c1.CC(C)(C)NCCOc1ccc2nc(C(C)(C)C)cn2c1.CC(C)(C)NCCOc1cccc(C(C)(C)C)c1. The van der Waals surface area contributed by atoms with Gasteiger partial charge in [-0.3, -0.25) is 4.98 Å². The van der Waals surface area contributed by atoms with E-state index in [4.69, 9.17) is 28.1 Å². The second-order valence-electron chi connectivity index (χ2n) is 49.3. The van der Waals surface area contributed by atoms with E-state index in [1.54, 1.807) is 0 Å². The summed E-state index contributed by atoms with van der Waals surface area (Å²) in [6, 6.07) is 46.1. The number of fused-ring (bicyclic) bond motifs is 3. The summed E-state index contributed by atoms with van der Waals surface area (Å²) in [4.78, 5) is 16.5. The number of rotatable bonds is 26. The maximum absolute atomic E-state index is 6.01. The summed E-state index contributed by atoms with van der Waals surface area (Å²) in [5.41, 5.74) is 15.4. The molecule has 710 valence electrons. The second kappa shape index (κ2) is 46.7. The van der Waals surface area contributed by atoms with Crippen LogP contribution < -0.4 is 39.8 Å². The van der Waals surface area contributed by atoms with Crippen LogP contribution in [0.5, 0.6) is 28.7 Å². The molecule has 4 aromatic carbocycles. The predicted octanol–water partition coefficient (Wildman–Crippen LogP) is 28.9. The lowest BCUT2D eigenvalue weighted by Gasteiger charge is -2.24. The van der Waals surface area contributed by atoms with Crippen molar-refractivity contribution in [2.24, 2.45) is 38.4 Å². The van der Waals surface area contributed by atoms with Crippen LogP contribution in [0.15, 0.2) is 169 Å². The van der Waals surface area contributed by atoms with Crippen LogP contribution >= 0.6 is 0 Å². The zero-order valence-corrected chi connectivity index (χ0v) is 87.2. The van der Waals surface area contributed by atoms with E-state index < -0.39 is 0 Å². The molecule has 128 heavy (non-hydrogen) atoms. The fraction of sp³-hybridized carbons (Fsp3) is 0.602. The Morgan fingerprint density at radius 2 is 0.914 bits per heavy atom. The molecule has 3 N–H and O–H groups in total. The Morgan fingerprint density at radius 1 is 0.414 bits per heavy atom. The lowest BCUT2D eigenvalue weighted by molar-refractivity contribution is 0.0599. The summed E-state index contributed by atoms with van der Waals surface area (Å²) in [6.07, 6.45) is 20.6. The number of benzene rings is 4. The van der Waals surface area contributed by atoms with E-state index in [9.17, 15) is 0 Å². The third kappa shape index (κ3) is 45.1. The number of imidazole rings is 2. The molecular weight excluding hydrogens is 1580 g/mol. The summed E-state index contributed by atoms with van der Waals surface area (Å²) in [6.45, 7) is 88.5. The van der Waals surface area contributed by atoms with Gasteiger partial charge in [0.1, 0.15) is 64.6 Å². The monoisotopic (exact) mass is 1760 g/mol. The number of aromatic nitrogens is 5. The minimum atomic E-state index is 0.0592. The van der Waals surface area contributed by atoms with Crippen molar-refractivity contribution in [1.29, 1.82) is 0 Å². The minimum absolute atomic E-state index is 0.0592. The predicted molar refractivity (Wildman–Crippen MR) is 546 cm³/mol. The lowest BCUT2D eigenvalue weighted by atomic mass is 9.84. The average Bonchev–Trinajstić information content (AvgIpc) is 1.66. The summed E-state index contributed by atoms with van der Waals surface area (Å²) < 4.78 is 39.3. The van der Waals surface area contributed by atoms with Crippen LogP contribution in [0.3, 0.4) is 0 Å². The highest BCUT2D eigenvalue weighted by molar-refractivity contribution is 5.78. The summed E-state index contributed by atoms with van der Waals surface area (Å²) in [5.74, 6) is 6.38. The molecular formula is C113H177N9O6. The van der Waals surface area contributed by atoms with Gasteiger partial charge < -0.3 is 57.8 Å². The third-order valence-electron chi connectivity index (χ3n) is 20.8. The number of pyridine rings is 3. The lowest BCUT2D eigenvalue weighted by Crippen LogP contribution is -2.38. The van der Waals surface area contributed by atoms with Gasteiger partial charge in [0.2, 0.25) is 0 Å². The van der Waals surface area contributed by atoms with E-state index in [0.29, 0.717) is 41.5 Å². The fourth-order valence-electron chi connectivity index (χ4n) is 14.5. The zero-order chi connectivity index (χ0) is 95.7. The third-order valence-corrected chi connectivity index (χ3v) is 20.8. The number of unbranched alkanes of at least 4 members (excludes halogenated alkanes) is 1. The van der Waals surface area contributed by atoms with Gasteiger partial charge in [-0.15, -0.1) is 0 Å². The van der Waals surface area contributed by atoms with E-state index in [1.165, 1.54) is 72.2 Å². The molecule has 1 atom stereocenters. The van der Waals surface area contributed by atoms with Crippen molar-refractivity contribution in [3.8, 4) is 28.7 Å². The van der Waals surface area contributed by atoms with Crippen molar-refractivity contribution in [3.05, 3.63) is 210 Å². The van der Waals surface area contributed by atoms with E-state index in [2.05, 4.69) is 393 Å². The molecule has 11 rings (SSSR count). The van der Waals surface area contributed by atoms with Gasteiger partial charge in [0.25, 0.3) is 0 Å². The molecule has 1 aliphatic heterocycles. The van der Waals surface area contributed by atoms with E-state index in [0.717, 1.165) is 139 Å². The van der Waals surface area contributed by atoms with Gasteiger partial charge in [-0.1, -0.05) is 235 Å². The van der Waals surface area contributed by atoms with Crippen molar-refractivity contribution < 1.29 is 28.1 Å². The van der Waals surface area contributed by atoms with Gasteiger partial charge in [-0.2, -0.15) is 0 Å². The maximum atomic E-state index is 6.01. The van der Waals surface area contributed by atoms with Crippen LogP contribution in [0.25, 0.3) is 22.3 Å². The molecule has 1 fully saturated rings. The molecule has 0 unspecified atom stereocenters. The van der Waals surface area contributed by atoms with Crippen LogP contribution in [-0.2, 0) is 53.3 Å². The highest BCUT2D eigenvalue weighted by atomic mass is 16.5. The van der Waals surface area contributed by atoms with Gasteiger partial charge in [0.15, 0.2) is 0 Å². The molecule has 6 aromatic heterocycles. The molecule has 0 radical (unpaired) electrons. The van der Waals surface area contributed by atoms with Gasteiger partial charge in [-0.05, 0) is 265 Å². The first kappa shape index (κ1) is 109. The van der Waals surface area contributed by atoms with Crippen LogP contribution in [-0.4, -0.2) is 99.5 Å². The quantitative estimate of drug-likeness (QED) is 0.0443. The van der Waals surface area contributed by atoms with Crippen molar-refractivity contribution in [1.82, 2.24) is 39.7 Å². The largest absolute Gasteiger partial charge is 0.492 e. The number of hydrogen-bond donors (Lipinski definition) is 3. The Kier molecular flexibility index (Phi) is 39.6. The van der Waals surface area contributed by atoms with E-state index in [1.807, 2.05) is 65.3 Å². The van der Waals surface area contributed by atoms with Crippen LogP contribution in [0, 0.1) is 38.4 Å². The van der Waals surface area contributed by atoms with Gasteiger partial charge in [0, 0.05) is 90.1 Å². The molecule has 1 saturated heterocycles. The van der Waals surface area contributed by atoms with E-state index in [-0.39, 0.29) is 43.7 Å². The van der Waals surface area contributed by atoms with Crippen LogP contribution in [0.1, 0.15) is 326 Å². The first-order valence-electron chi connectivity index (χ1n) is 47.7. The number of anilines is 1. The molecule has 15 heteroatoms. The van der Waals surface area contributed by atoms with Gasteiger partial charge in [-0.25, -0.2) is 9.97 Å². The Balaban J connectivity index is 0.000000237. The molecule has 7 heterocycles. The standard InChI is InChI=1S/C23H32O2.C19H30N2O.C19H32N2.C19H29NO.C17H27N3O.C16H27NO/c1-22(2,3)15-19-8-7-9-21(14-19)25-20-12-10-18(11-13-20)16-24-17-23(4,5)6;1-18(2,3)11-7-8-12-22-15-9-10-17-20-16(19(4,5)6)14-21(17)13-15;1-18(2,3)11-15-9-10-21(14-15)17-8-7-16(20-13-17)12-19(4,5)6;1-18(2,3)13-14-7-8-15-12-16(21-17(15)11-14)9-10-20-19(4,5)6;1-16(2,3)14-12-20-11-13(7-8-15(20)19-14)21-10-9-18-17(4,5)6;1-15(2,3)13-8-7-9-14(12-13)18-11-10-17-16(4,5)6/h7-14H,15-17H2,1-6H3;9-10,13-14H,7-8,11-12H2,1-6H3;7-8,13,15H,9-12,14H2,1-6H3;7-8,11-12,20H,9-10,13H2,1-6H3;7-8,11-12,18H,9-10H2,1-6H3;7-9,12,17H,10-11H2,1-6H3/t;;15-;;;/m..0.../s1. The smallest absolute Gasteiger partial charge is 0.137 e. The highest BCUT2D eigenvalue weighted by Crippen LogP contribution is 2.36. The average molecular weight is 1760 g/mol. The number of ether oxygens (including phenoxy) is 5. The molecule has 0 amide bonds. The number of nitrogens with one attached hydrogen (secondary N) is 3. The molecule has 0 bridgehead atoms. The second-order valence-corrected chi connectivity index (χ2v) is 49.3. The zero-order valence-electron chi connectivity index (χ0n) is 87.2. The highest BCUT2D eigenvalue weighted by Gasteiger charge is 2.28. The Morgan fingerprint density at radius 3 is 1.41 bits per heavy atom. The fourth-order valence-corrected chi connectivity index (χ4v) is 14.5. The number of hydrogen-bond acceptors (Lipinski definition) is 13. The van der Waals surface area contributed by atoms with Crippen LogP contribution in [0.2, 0.25) is 0 Å². The summed E-state index contributed by atoms with van der Waals surface area (Å²) in [7, 11) is 0. The molecule has 10 aromatic rings. The van der Waals surface area contributed by atoms with E-state index >= 15 is 0 Å². The molecule has 0 spiro atoms. The summed E-state index contributed by atoms with van der Waals surface area (Å²) >= 11 is 0. The first-order valence-corrected chi connectivity index (χ1v) is 47.7. The first-order chi connectivity index (χ1) is 58.8. The van der Waals surface area contributed by atoms with Crippen molar-refractivity contribution in [3.63, 3.8) is 0 Å². The normalized spacial score (nSPS) is 13.9. The summed E-state index contributed by atoms with van der Waals surface area (Å²) in [5, 5.41) is 11.5.